The molecule has 0 radical (unpaired) electrons. The second kappa shape index (κ2) is 7.54. The standard InChI is InChI=1S/C16H21NO2/c1-5-9-12(2)16(18)19-15(13(3)17-4)14-10-7-6-8-11-14/h5-11,13,15,17H,1H2,2-4H3. The molecule has 0 amide bonds. The third kappa shape index (κ3) is 4.38. The second-order valence-corrected chi connectivity index (χ2v) is 4.40. The lowest BCUT2D eigenvalue weighted by molar-refractivity contribution is -0.146. The highest BCUT2D eigenvalue weighted by Gasteiger charge is 2.22. The van der Waals surface area contributed by atoms with E-state index in [0.29, 0.717) is 5.57 Å². The minimum Gasteiger partial charge on any atom is -0.452 e. The van der Waals surface area contributed by atoms with Crippen LogP contribution in [0, 0.1) is 0 Å². The highest BCUT2D eigenvalue weighted by atomic mass is 16.5. The Morgan fingerprint density at radius 3 is 2.53 bits per heavy atom. The number of hydrogen-bond donors (Lipinski definition) is 1. The summed E-state index contributed by atoms with van der Waals surface area (Å²) in [4.78, 5) is 12.0. The maximum Gasteiger partial charge on any atom is 0.334 e. The normalized spacial score (nSPS) is 14.6. The van der Waals surface area contributed by atoms with E-state index < -0.39 is 0 Å². The van der Waals surface area contributed by atoms with Crippen molar-refractivity contribution in [2.45, 2.75) is 26.0 Å². The van der Waals surface area contributed by atoms with Crippen LogP contribution in [0.25, 0.3) is 0 Å². The van der Waals surface area contributed by atoms with Crippen molar-refractivity contribution in [3.05, 3.63) is 60.2 Å². The molecular weight excluding hydrogens is 238 g/mol. The molecule has 102 valence electrons. The zero-order chi connectivity index (χ0) is 14.3. The van der Waals surface area contributed by atoms with Crippen molar-refractivity contribution >= 4 is 5.97 Å². The van der Waals surface area contributed by atoms with Crippen LogP contribution in [-0.2, 0) is 9.53 Å². The lowest BCUT2D eigenvalue weighted by Gasteiger charge is -2.24. The van der Waals surface area contributed by atoms with Gasteiger partial charge in [0.1, 0.15) is 6.10 Å². The molecule has 1 aromatic carbocycles. The number of rotatable bonds is 6. The predicted molar refractivity (Wildman–Crippen MR) is 77.8 cm³/mol. The van der Waals surface area contributed by atoms with Gasteiger partial charge in [0.15, 0.2) is 0 Å². The van der Waals surface area contributed by atoms with E-state index in [-0.39, 0.29) is 18.1 Å². The third-order valence-electron chi connectivity index (χ3n) is 2.96. The number of hydrogen-bond acceptors (Lipinski definition) is 3. The van der Waals surface area contributed by atoms with Crippen molar-refractivity contribution in [3.8, 4) is 0 Å². The van der Waals surface area contributed by atoms with E-state index in [1.54, 1.807) is 19.1 Å². The Labute approximate surface area is 115 Å². The first-order chi connectivity index (χ1) is 9.10. The number of allylic oxidation sites excluding steroid dienone is 2. The highest BCUT2D eigenvalue weighted by molar-refractivity contribution is 5.88. The summed E-state index contributed by atoms with van der Waals surface area (Å²) in [6.45, 7) is 7.28. The van der Waals surface area contributed by atoms with Gasteiger partial charge in [-0.2, -0.15) is 0 Å². The van der Waals surface area contributed by atoms with E-state index in [1.165, 1.54) is 0 Å². The van der Waals surface area contributed by atoms with Crippen LogP contribution in [0.4, 0.5) is 0 Å². The van der Waals surface area contributed by atoms with Gasteiger partial charge in [-0.1, -0.05) is 49.1 Å². The van der Waals surface area contributed by atoms with Crippen LogP contribution in [0.2, 0.25) is 0 Å². The molecule has 0 fully saturated rings. The van der Waals surface area contributed by atoms with Crippen LogP contribution in [-0.4, -0.2) is 19.1 Å². The molecule has 2 unspecified atom stereocenters. The molecule has 0 aliphatic carbocycles. The fourth-order valence-corrected chi connectivity index (χ4v) is 1.71. The number of ether oxygens (including phenoxy) is 1. The van der Waals surface area contributed by atoms with Gasteiger partial charge < -0.3 is 10.1 Å². The molecule has 1 aromatic rings. The summed E-state index contributed by atoms with van der Waals surface area (Å²) < 4.78 is 5.59. The maximum atomic E-state index is 12.0. The van der Waals surface area contributed by atoms with Gasteiger partial charge in [0.2, 0.25) is 0 Å². The topological polar surface area (TPSA) is 38.3 Å². The van der Waals surface area contributed by atoms with E-state index in [0.717, 1.165) is 5.56 Å². The first kappa shape index (κ1) is 15.2. The number of esters is 1. The molecular formula is C16H21NO2. The van der Waals surface area contributed by atoms with E-state index in [1.807, 2.05) is 44.3 Å². The van der Waals surface area contributed by atoms with Gasteiger partial charge in [-0.3, -0.25) is 0 Å². The second-order valence-electron chi connectivity index (χ2n) is 4.40. The molecule has 0 aliphatic rings. The molecule has 0 heterocycles. The van der Waals surface area contributed by atoms with Gasteiger partial charge in [-0.15, -0.1) is 0 Å². The molecule has 1 N–H and O–H groups in total. The van der Waals surface area contributed by atoms with E-state index in [9.17, 15) is 4.79 Å². The van der Waals surface area contributed by atoms with E-state index in [2.05, 4.69) is 11.9 Å². The summed E-state index contributed by atoms with van der Waals surface area (Å²) in [5.41, 5.74) is 1.52. The Hall–Kier alpha value is -1.87. The van der Waals surface area contributed by atoms with Crippen LogP contribution in [0.1, 0.15) is 25.5 Å². The summed E-state index contributed by atoms with van der Waals surface area (Å²) in [6.07, 6.45) is 2.91. The molecule has 2 atom stereocenters. The fraction of sp³-hybridized carbons (Fsp3) is 0.312. The Morgan fingerprint density at radius 2 is 2.00 bits per heavy atom. The lowest BCUT2D eigenvalue weighted by Crippen LogP contribution is -2.32. The van der Waals surface area contributed by atoms with Crippen molar-refractivity contribution in [2.75, 3.05) is 7.05 Å². The Morgan fingerprint density at radius 1 is 1.37 bits per heavy atom. The molecule has 0 spiro atoms. The zero-order valence-electron chi connectivity index (χ0n) is 11.7. The SMILES string of the molecule is C=CC=C(C)C(=O)OC(c1ccccc1)C(C)NC. The van der Waals surface area contributed by atoms with Gasteiger partial charge in [0.05, 0.1) is 0 Å². The number of likely N-dealkylation sites (N-methyl/N-ethyl adjacent to an activating group) is 1. The van der Waals surface area contributed by atoms with Crippen LogP contribution in [0.5, 0.6) is 0 Å². The Kier molecular flexibility index (Phi) is 6.03. The van der Waals surface area contributed by atoms with Gasteiger partial charge >= 0.3 is 5.97 Å². The predicted octanol–water partition coefficient (Wildman–Crippen LogP) is 3.01. The smallest absolute Gasteiger partial charge is 0.334 e. The van der Waals surface area contributed by atoms with Gasteiger partial charge in [-0.05, 0) is 26.5 Å². The zero-order valence-corrected chi connectivity index (χ0v) is 11.7. The van der Waals surface area contributed by atoms with Crippen LogP contribution in [0.15, 0.2) is 54.6 Å². The molecule has 0 aliphatic heterocycles. The largest absolute Gasteiger partial charge is 0.452 e. The Balaban J connectivity index is 2.91. The lowest BCUT2D eigenvalue weighted by atomic mass is 10.0. The van der Waals surface area contributed by atoms with Gasteiger partial charge in [0, 0.05) is 11.6 Å². The first-order valence-corrected chi connectivity index (χ1v) is 6.32. The number of carbonyl (C=O) groups is 1. The molecule has 0 bridgehead atoms. The maximum absolute atomic E-state index is 12.0. The van der Waals surface area contributed by atoms with Crippen LogP contribution >= 0.6 is 0 Å². The number of carbonyl (C=O) groups excluding carboxylic acids is 1. The van der Waals surface area contributed by atoms with Crippen molar-refractivity contribution in [2.24, 2.45) is 0 Å². The molecule has 0 saturated carbocycles. The summed E-state index contributed by atoms with van der Waals surface area (Å²) >= 11 is 0. The summed E-state index contributed by atoms with van der Waals surface area (Å²) in [6, 6.07) is 9.75. The molecule has 3 heteroatoms. The first-order valence-electron chi connectivity index (χ1n) is 6.32. The minimum atomic E-state index is -0.323. The van der Waals surface area contributed by atoms with Crippen molar-refractivity contribution in [1.82, 2.24) is 5.32 Å². The fourth-order valence-electron chi connectivity index (χ4n) is 1.71. The Bertz CT molecular complexity index is 451. The van der Waals surface area contributed by atoms with E-state index >= 15 is 0 Å². The van der Waals surface area contributed by atoms with Crippen LogP contribution < -0.4 is 5.32 Å². The number of benzene rings is 1. The minimum absolute atomic E-state index is 0.0304. The number of nitrogens with one attached hydrogen (secondary N) is 1. The summed E-state index contributed by atoms with van der Waals surface area (Å²) in [5, 5.41) is 3.12. The average molecular weight is 259 g/mol. The quantitative estimate of drug-likeness (QED) is 0.485. The monoisotopic (exact) mass is 259 g/mol. The molecule has 0 aromatic heterocycles. The molecule has 3 nitrogen and oxygen atoms in total. The summed E-state index contributed by atoms with van der Waals surface area (Å²) in [5.74, 6) is -0.323. The molecule has 1 rings (SSSR count). The van der Waals surface area contributed by atoms with E-state index in [4.69, 9.17) is 4.74 Å². The molecule has 19 heavy (non-hydrogen) atoms. The third-order valence-corrected chi connectivity index (χ3v) is 2.96. The highest BCUT2D eigenvalue weighted by Crippen LogP contribution is 2.22. The average Bonchev–Trinajstić information content (AvgIpc) is 2.44. The summed E-state index contributed by atoms with van der Waals surface area (Å²) in [7, 11) is 1.85. The van der Waals surface area contributed by atoms with Gasteiger partial charge in [-0.25, -0.2) is 4.79 Å². The van der Waals surface area contributed by atoms with Crippen molar-refractivity contribution in [1.29, 1.82) is 0 Å². The van der Waals surface area contributed by atoms with Crippen LogP contribution in [0.3, 0.4) is 0 Å². The van der Waals surface area contributed by atoms with Gasteiger partial charge in [0.25, 0.3) is 0 Å². The van der Waals surface area contributed by atoms with Crippen molar-refractivity contribution in [3.63, 3.8) is 0 Å². The van der Waals surface area contributed by atoms with Crippen molar-refractivity contribution < 1.29 is 9.53 Å². The molecule has 0 saturated heterocycles.